The number of hydrogen-bond donors (Lipinski definition) is 1. The number of amides is 3. The third kappa shape index (κ3) is 6.99. The number of imide groups is 1. The molecule has 0 saturated carbocycles. The Morgan fingerprint density at radius 1 is 1.03 bits per heavy atom. The molecule has 0 atom stereocenters. The van der Waals surface area contributed by atoms with E-state index in [2.05, 4.69) is 21.2 Å². The molecule has 4 rings (SSSR count). The fraction of sp³-hybridized carbons (Fsp3) is 0.148. The van der Waals surface area contributed by atoms with E-state index in [4.69, 9.17) is 9.47 Å². The second-order valence-corrected chi connectivity index (χ2v) is 9.79. The van der Waals surface area contributed by atoms with Gasteiger partial charge in [-0.2, -0.15) is 0 Å². The van der Waals surface area contributed by atoms with E-state index in [9.17, 15) is 18.8 Å². The first-order valence-corrected chi connectivity index (χ1v) is 12.9. The number of anilines is 1. The molecule has 7 nitrogen and oxygen atoms in total. The van der Waals surface area contributed by atoms with Crippen molar-refractivity contribution in [2.24, 2.45) is 0 Å². The van der Waals surface area contributed by atoms with Gasteiger partial charge in [0, 0.05) is 10.2 Å². The third-order valence-electron chi connectivity index (χ3n) is 5.18. The molecule has 3 aromatic carbocycles. The van der Waals surface area contributed by atoms with E-state index in [0.717, 1.165) is 26.7 Å². The van der Waals surface area contributed by atoms with Crippen LogP contribution in [-0.4, -0.2) is 35.1 Å². The Morgan fingerprint density at radius 3 is 2.46 bits per heavy atom. The maximum atomic E-state index is 13.1. The largest absolute Gasteiger partial charge is 0.490 e. The Labute approximate surface area is 225 Å². The zero-order valence-corrected chi connectivity index (χ0v) is 22.1. The number of thioether (sulfide) groups is 1. The Kier molecular flexibility index (Phi) is 8.62. The van der Waals surface area contributed by atoms with Crippen molar-refractivity contribution in [3.63, 3.8) is 0 Å². The highest BCUT2D eigenvalue weighted by atomic mass is 79.9. The summed E-state index contributed by atoms with van der Waals surface area (Å²) in [6.45, 7) is 2.17. The van der Waals surface area contributed by atoms with Gasteiger partial charge in [-0.1, -0.05) is 34.1 Å². The monoisotopic (exact) mass is 584 g/mol. The molecule has 0 aliphatic carbocycles. The summed E-state index contributed by atoms with van der Waals surface area (Å²) in [6, 6.07) is 18.2. The van der Waals surface area contributed by atoms with Crippen molar-refractivity contribution in [3.8, 4) is 11.5 Å². The number of halogens is 2. The summed E-state index contributed by atoms with van der Waals surface area (Å²) >= 11 is 4.16. The Bertz CT molecular complexity index is 1350. The van der Waals surface area contributed by atoms with Crippen LogP contribution >= 0.6 is 27.7 Å². The van der Waals surface area contributed by atoms with Gasteiger partial charge >= 0.3 is 0 Å². The number of benzene rings is 3. The number of nitrogens with zero attached hydrogens (tertiary/aromatic N) is 1. The number of hydrogen-bond acceptors (Lipinski definition) is 6. The van der Waals surface area contributed by atoms with Crippen LogP contribution in [0.3, 0.4) is 0 Å². The predicted molar refractivity (Wildman–Crippen MR) is 144 cm³/mol. The molecule has 0 aromatic heterocycles. The average molecular weight is 585 g/mol. The molecule has 1 fully saturated rings. The minimum absolute atomic E-state index is 0.186. The predicted octanol–water partition coefficient (Wildman–Crippen LogP) is 6.24. The molecule has 10 heteroatoms. The fourth-order valence-corrected chi connectivity index (χ4v) is 4.51. The van der Waals surface area contributed by atoms with Gasteiger partial charge in [0.05, 0.1) is 11.5 Å². The zero-order valence-electron chi connectivity index (χ0n) is 19.7. The molecular formula is C27H22BrFN2O5S. The summed E-state index contributed by atoms with van der Waals surface area (Å²) in [5.74, 6) is -0.525. The third-order valence-corrected chi connectivity index (χ3v) is 6.61. The molecule has 0 spiro atoms. The first-order chi connectivity index (χ1) is 17.8. The lowest BCUT2D eigenvalue weighted by atomic mass is 10.1. The standard InChI is InChI=1S/C27H22BrFN2O5S/c1-2-35-23-13-18(5-12-22(23)36-16-17-3-6-19(28)7-4-17)14-24-26(33)31(27(34)37-24)15-25(32)30-21-10-8-20(29)9-11-21/h3-14H,2,15-16H2,1H3,(H,30,32)/b24-14-. The SMILES string of the molecule is CCOc1cc(/C=C2\SC(=O)N(CC(=O)Nc3ccc(F)cc3)C2=O)ccc1OCc1ccc(Br)cc1. The number of rotatable bonds is 9. The normalized spacial score (nSPS) is 14.2. The molecule has 3 amide bonds. The van der Waals surface area contributed by atoms with Crippen molar-refractivity contribution in [1.29, 1.82) is 0 Å². The number of carbonyl (C=O) groups excluding carboxylic acids is 3. The van der Waals surface area contributed by atoms with Crippen LogP contribution in [0.15, 0.2) is 76.1 Å². The smallest absolute Gasteiger partial charge is 0.294 e. The first kappa shape index (κ1) is 26.4. The molecule has 1 aliphatic rings. The molecule has 0 bridgehead atoms. The van der Waals surface area contributed by atoms with Crippen LogP contribution in [0.2, 0.25) is 0 Å². The van der Waals surface area contributed by atoms with Crippen LogP contribution < -0.4 is 14.8 Å². The van der Waals surface area contributed by atoms with E-state index in [0.29, 0.717) is 36.0 Å². The van der Waals surface area contributed by atoms with Crippen molar-refractivity contribution in [3.05, 3.63) is 93.1 Å². The van der Waals surface area contributed by atoms with Crippen molar-refractivity contribution in [2.45, 2.75) is 13.5 Å². The van der Waals surface area contributed by atoms with E-state index in [1.165, 1.54) is 24.3 Å². The molecule has 37 heavy (non-hydrogen) atoms. The summed E-state index contributed by atoms with van der Waals surface area (Å²) in [5, 5.41) is 1.99. The van der Waals surface area contributed by atoms with Gasteiger partial charge in [0.1, 0.15) is 19.0 Å². The summed E-state index contributed by atoms with van der Waals surface area (Å²) in [6.07, 6.45) is 1.57. The van der Waals surface area contributed by atoms with Gasteiger partial charge in [0.25, 0.3) is 11.1 Å². The summed E-state index contributed by atoms with van der Waals surface area (Å²) < 4.78 is 25.7. The zero-order chi connectivity index (χ0) is 26.4. The molecule has 1 N–H and O–H groups in total. The van der Waals surface area contributed by atoms with Crippen molar-refractivity contribution in [1.82, 2.24) is 4.90 Å². The highest BCUT2D eigenvalue weighted by Crippen LogP contribution is 2.35. The van der Waals surface area contributed by atoms with Gasteiger partial charge in [-0.3, -0.25) is 19.3 Å². The van der Waals surface area contributed by atoms with Gasteiger partial charge in [-0.05, 0) is 84.4 Å². The van der Waals surface area contributed by atoms with Crippen LogP contribution in [-0.2, 0) is 16.2 Å². The highest BCUT2D eigenvalue weighted by molar-refractivity contribution is 9.10. The second kappa shape index (κ2) is 12.1. The summed E-state index contributed by atoms with van der Waals surface area (Å²) in [5.41, 5.74) is 1.99. The maximum Gasteiger partial charge on any atom is 0.294 e. The molecule has 3 aromatic rings. The number of nitrogens with one attached hydrogen (secondary N) is 1. The molecule has 190 valence electrons. The number of ether oxygens (including phenoxy) is 2. The molecule has 1 heterocycles. The maximum absolute atomic E-state index is 13.1. The van der Waals surface area contributed by atoms with E-state index < -0.39 is 29.4 Å². The minimum atomic E-state index is -0.571. The van der Waals surface area contributed by atoms with E-state index >= 15 is 0 Å². The lowest BCUT2D eigenvalue weighted by Gasteiger charge is -2.13. The summed E-state index contributed by atoms with van der Waals surface area (Å²) in [4.78, 5) is 38.7. The van der Waals surface area contributed by atoms with Gasteiger partial charge in [-0.15, -0.1) is 0 Å². The second-order valence-electron chi connectivity index (χ2n) is 7.88. The van der Waals surface area contributed by atoms with Gasteiger partial charge in [0.2, 0.25) is 5.91 Å². The quantitative estimate of drug-likeness (QED) is 0.300. The van der Waals surface area contributed by atoms with Gasteiger partial charge in [-0.25, -0.2) is 4.39 Å². The van der Waals surface area contributed by atoms with E-state index in [1.807, 2.05) is 31.2 Å². The molecule has 0 radical (unpaired) electrons. The average Bonchev–Trinajstić information content (AvgIpc) is 3.13. The van der Waals surface area contributed by atoms with Crippen LogP contribution in [0, 0.1) is 5.82 Å². The van der Waals surface area contributed by atoms with E-state index in [1.54, 1.807) is 24.3 Å². The fourth-order valence-electron chi connectivity index (χ4n) is 3.41. The van der Waals surface area contributed by atoms with Crippen LogP contribution in [0.1, 0.15) is 18.1 Å². The van der Waals surface area contributed by atoms with Gasteiger partial charge in [0.15, 0.2) is 11.5 Å². The van der Waals surface area contributed by atoms with Crippen LogP contribution in [0.25, 0.3) is 6.08 Å². The molecule has 0 unspecified atom stereocenters. The lowest BCUT2D eigenvalue weighted by Crippen LogP contribution is -2.36. The minimum Gasteiger partial charge on any atom is -0.490 e. The first-order valence-electron chi connectivity index (χ1n) is 11.3. The van der Waals surface area contributed by atoms with Crippen LogP contribution in [0.4, 0.5) is 14.9 Å². The van der Waals surface area contributed by atoms with E-state index in [-0.39, 0.29) is 4.91 Å². The highest BCUT2D eigenvalue weighted by Gasteiger charge is 2.36. The van der Waals surface area contributed by atoms with Crippen molar-refractivity contribution >= 4 is 56.5 Å². The Morgan fingerprint density at radius 2 is 1.76 bits per heavy atom. The number of carbonyl (C=O) groups is 3. The van der Waals surface area contributed by atoms with Crippen molar-refractivity contribution in [2.75, 3.05) is 18.5 Å². The molecule has 1 saturated heterocycles. The summed E-state index contributed by atoms with van der Waals surface area (Å²) in [7, 11) is 0. The molecular weight excluding hydrogens is 563 g/mol. The van der Waals surface area contributed by atoms with Gasteiger partial charge < -0.3 is 14.8 Å². The lowest BCUT2D eigenvalue weighted by molar-refractivity contribution is -0.127. The Balaban J connectivity index is 1.44. The van der Waals surface area contributed by atoms with Crippen LogP contribution in [0.5, 0.6) is 11.5 Å². The molecule has 1 aliphatic heterocycles. The van der Waals surface area contributed by atoms with Crippen molar-refractivity contribution < 1.29 is 28.2 Å². The Hall–Kier alpha value is -3.63. The topological polar surface area (TPSA) is 84.9 Å².